The first-order valence-corrected chi connectivity index (χ1v) is 7.01. The fourth-order valence-corrected chi connectivity index (χ4v) is 2.37. The molecule has 102 valence electrons. The lowest BCUT2D eigenvalue weighted by atomic mass is 9.90. The lowest BCUT2D eigenvalue weighted by Gasteiger charge is -2.35. The zero-order chi connectivity index (χ0) is 13.6. The average Bonchev–Trinajstić information content (AvgIpc) is 2.36. The van der Waals surface area contributed by atoms with Crippen LogP contribution in [0.15, 0.2) is 24.3 Å². The van der Waals surface area contributed by atoms with Crippen LogP contribution in [0, 0.1) is 0 Å². The molecule has 0 spiro atoms. The molecular weight excluding hydrogens is 222 g/mol. The van der Waals surface area contributed by atoms with Crippen LogP contribution in [0.3, 0.4) is 0 Å². The Kier molecular flexibility index (Phi) is 5.83. The molecule has 0 saturated carbocycles. The van der Waals surface area contributed by atoms with Crippen molar-refractivity contribution in [3.8, 4) is 0 Å². The van der Waals surface area contributed by atoms with Gasteiger partial charge >= 0.3 is 0 Å². The van der Waals surface area contributed by atoms with Gasteiger partial charge in [-0.3, -0.25) is 0 Å². The molecule has 0 aromatic heterocycles. The Morgan fingerprint density at radius 3 is 2.17 bits per heavy atom. The van der Waals surface area contributed by atoms with Crippen LogP contribution in [0.5, 0.6) is 0 Å². The van der Waals surface area contributed by atoms with Gasteiger partial charge in [0.15, 0.2) is 0 Å². The van der Waals surface area contributed by atoms with Crippen molar-refractivity contribution in [2.24, 2.45) is 0 Å². The van der Waals surface area contributed by atoms with Gasteiger partial charge in [0, 0.05) is 6.61 Å². The van der Waals surface area contributed by atoms with E-state index in [9.17, 15) is 0 Å². The third-order valence-electron chi connectivity index (χ3n) is 3.34. The van der Waals surface area contributed by atoms with Crippen molar-refractivity contribution in [1.29, 1.82) is 0 Å². The molecule has 2 heteroatoms. The van der Waals surface area contributed by atoms with Crippen LogP contribution in [0.4, 0.5) is 0 Å². The fourth-order valence-electron chi connectivity index (χ4n) is 2.37. The molecule has 1 unspecified atom stereocenters. The molecule has 0 aliphatic rings. The smallest absolute Gasteiger partial charge is 0.0820 e. The zero-order valence-corrected chi connectivity index (χ0v) is 12.4. The Labute approximate surface area is 112 Å². The largest absolute Gasteiger partial charge is 0.374 e. The van der Waals surface area contributed by atoms with E-state index in [2.05, 4.69) is 57.3 Å². The van der Waals surface area contributed by atoms with E-state index in [1.54, 1.807) is 0 Å². The highest BCUT2D eigenvalue weighted by Crippen LogP contribution is 2.29. The van der Waals surface area contributed by atoms with Gasteiger partial charge in [-0.05, 0) is 44.9 Å². The molecule has 0 aliphatic heterocycles. The lowest BCUT2D eigenvalue weighted by Crippen LogP contribution is -2.41. The standard InChI is InChI=1S/C16H27NO/c1-6-13-9-11-14(12-10-13)15(17-7-2)16(4,5)18-8-3/h9-12,15,17H,6-8H2,1-5H3. The predicted octanol–water partition coefficient (Wildman–Crippen LogP) is 3.71. The summed E-state index contributed by atoms with van der Waals surface area (Å²) in [6.07, 6.45) is 1.08. The van der Waals surface area contributed by atoms with Crippen LogP contribution in [-0.2, 0) is 11.2 Å². The SMILES string of the molecule is CCNC(c1ccc(CC)cc1)C(C)(C)OCC. The molecule has 0 radical (unpaired) electrons. The first-order chi connectivity index (χ1) is 8.55. The summed E-state index contributed by atoms with van der Waals surface area (Å²) < 4.78 is 5.89. The molecule has 2 nitrogen and oxygen atoms in total. The number of hydrogen-bond acceptors (Lipinski definition) is 2. The van der Waals surface area contributed by atoms with E-state index in [-0.39, 0.29) is 11.6 Å². The molecular formula is C16H27NO. The minimum Gasteiger partial charge on any atom is -0.374 e. The molecule has 1 aromatic rings. The van der Waals surface area contributed by atoms with Gasteiger partial charge in [-0.25, -0.2) is 0 Å². The van der Waals surface area contributed by atoms with E-state index in [1.165, 1.54) is 11.1 Å². The number of ether oxygens (including phenoxy) is 1. The fraction of sp³-hybridized carbons (Fsp3) is 0.625. The highest BCUT2D eigenvalue weighted by atomic mass is 16.5. The molecule has 0 saturated heterocycles. The predicted molar refractivity (Wildman–Crippen MR) is 77.9 cm³/mol. The van der Waals surface area contributed by atoms with Gasteiger partial charge in [0.2, 0.25) is 0 Å². The van der Waals surface area contributed by atoms with Crippen LogP contribution >= 0.6 is 0 Å². The maximum Gasteiger partial charge on any atom is 0.0820 e. The van der Waals surface area contributed by atoms with Gasteiger partial charge in [-0.1, -0.05) is 38.1 Å². The Bertz CT molecular complexity index is 343. The van der Waals surface area contributed by atoms with Crippen LogP contribution in [-0.4, -0.2) is 18.8 Å². The van der Waals surface area contributed by atoms with Crippen molar-refractivity contribution < 1.29 is 4.74 Å². The molecule has 1 atom stereocenters. The Morgan fingerprint density at radius 2 is 1.72 bits per heavy atom. The topological polar surface area (TPSA) is 21.3 Å². The lowest BCUT2D eigenvalue weighted by molar-refractivity contribution is -0.0388. The van der Waals surface area contributed by atoms with E-state index in [0.29, 0.717) is 0 Å². The van der Waals surface area contributed by atoms with Crippen molar-refractivity contribution in [3.05, 3.63) is 35.4 Å². The summed E-state index contributed by atoms with van der Waals surface area (Å²) in [6.45, 7) is 12.3. The van der Waals surface area contributed by atoms with E-state index in [1.807, 2.05) is 6.92 Å². The first kappa shape index (κ1) is 15.2. The molecule has 1 rings (SSSR count). The molecule has 0 aliphatic carbocycles. The minimum atomic E-state index is -0.196. The van der Waals surface area contributed by atoms with Gasteiger partial charge in [-0.15, -0.1) is 0 Å². The van der Waals surface area contributed by atoms with Gasteiger partial charge in [-0.2, -0.15) is 0 Å². The van der Waals surface area contributed by atoms with Crippen molar-refractivity contribution in [2.75, 3.05) is 13.2 Å². The molecule has 1 aromatic carbocycles. The highest BCUT2D eigenvalue weighted by molar-refractivity contribution is 5.26. The minimum absolute atomic E-state index is 0.196. The van der Waals surface area contributed by atoms with E-state index < -0.39 is 0 Å². The average molecular weight is 249 g/mol. The summed E-state index contributed by atoms with van der Waals surface area (Å²) in [4.78, 5) is 0. The number of benzene rings is 1. The maximum atomic E-state index is 5.89. The molecule has 18 heavy (non-hydrogen) atoms. The molecule has 0 bridgehead atoms. The number of nitrogens with one attached hydrogen (secondary N) is 1. The van der Waals surface area contributed by atoms with Crippen LogP contribution in [0.25, 0.3) is 0 Å². The van der Waals surface area contributed by atoms with Crippen LogP contribution < -0.4 is 5.32 Å². The zero-order valence-electron chi connectivity index (χ0n) is 12.4. The monoisotopic (exact) mass is 249 g/mol. The normalized spacial score (nSPS) is 13.6. The number of likely N-dealkylation sites (N-methyl/N-ethyl adjacent to an activating group) is 1. The van der Waals surface area contributed by atoms with Crippen LogP contribution in [0.2, 0.25) is 0 Å². The van der Waals surface area contributed by atoms with Crippen molar-refractivity contribution >= 4 is 0 Å². The van der Waals surface area contributed by atoms with Crippen molar-refractivity contribution in [2.45, 2.75) is 52.7 Å². The first-order valence-electron chi connectivity index (χ1n) is 7.01. The van der Waals surface area contributed by atoms with Crippen LogP contribution in [0.1, 0.15) is 51.8 Å². The third kappa shape index (κ3) is 3.82. The number of aryl methyl sites for hydroxylation is 1. The quantitative estimate of drug-likeness (QED) is 0.795. The summed E-state index contributed by atoms with van der Waals surface area (Å²) in [5.41, 5.74) is 2.48. The second-order valence-corrected chi connectivity index (χ2v) is 5.12. The van der Waals surface area contributed by atoms with Crippen molar-refractivity contribution in [3.63, 3.8) is 0 Å². The third-order valence-corrected chi connectivity index (χ3v) is 3.34. The number of rotatable bonds is 7. The maximum absolute atomic E-state index is 5.89. The Hall–Kier alpha value is -0.860. The second kappa shape index (κ2) is 6.91. The van der Waals surface area contributed by atoms with E-state index >= 15 is 0 Å². The molecule has 0 amide bonds. The Balaban J connectivity index is 2.95. The Morgan fingerprint density at radius 1 is 1.11 bits per heavy atom. The summed E-state index contributed by atoms with van der Waals surface area (Å²) in [6, 6.07) is 9.08. The van der Waals surface area contributed by atoms with E-state index in [0.717, 1.165) is 19.6 Å². The van der Waals surface area contributed by atoms with Gasteiger partial charge < -0.3 is 10.1 Å². The summed E-state index contributed by atoms with van der Waals surface area (Å²) in [7, 11) is 0. The molecule has 1 N–H and O–H groups in total. The van der Waals surface area contributed by atoms with Gasteiger partial charge in [0.1, 0.15) is 0 Å². The molecule has 0 fully saturated rings. The van der Waals surface area contributed by atoms with Gasteiger partial charge in [0.25, 0.3) is 0 Å². The van der Waals surface area contributed by atoms with E-state index in [4.69, 9.17) is 4.74 Å². The van der Waals surface area contributed by atoms with Crippen molar-refractivity contribution in [1.82, 2.24) is 5.32 Å². The second-order valence-electron chi connectivity index (χ2n) is 5.12. The summed E-state index contributed by atoms with van der Waals surface area (Å²) in [5.74, 6) is 0. The summed E-state index contributed by atoms with van der Waals surface area (Å²) >= 11 is 0. The summed E-state index contributed by atoms with van der Waals surface area (Å²) in [5, 5.41) is 3.54. The van der Waals surface area contributed by atoms with Gasteiger partial charge in [0.05, 0.1) is 11.6 Å². The number of hydrogen-bond donors (Lipinski definition) is 1. The highest BCUT2D eigenvalue weighted by Gasteiger charge is 2.30. The molecule has 0 heterocycles.